The van der Waals surface area contributed by atoms with Crippen molar-refractivity contribution < 1.29 is 0 Å². The van der Waals surface area contributed by atoms with E-state index in [4.69, 9.17) is 0 Å². The Labute approximate surface area is 92.1 Å². The van der Waals surface area contributed by atoms with Crippen LogP contribution in [0.4, 0.5) is 0 Å². The van der Waals surface area contributed by atoms with Crippen molar-refractivity contribution in [3.8, 4) is 0 Å². The molecular weight excluding hydrogens is 188 g/mol. The van der Waals surface area contributed by atoms with Gasteiger partial charge in [-0.3, -0.25) is 0 Å². The highest BCUT2D eigenvalue weighted by Gasteiger charge is 2.06. The lowest BCUT2D eigenvalue weighted by molar-refractivity contribution is 0.513. The maximum Gasteiger partial charge on any atom is 0.134 e. The third-order valence-corrected chi connectivity index (χ3v) is 2.66. The van der Waals surface area contributed by atoms with Crippen LogP contribution in [0.5, 0.6) is 0 Å². The molecule has 0 aliphatic rings. The third kappa shape index (κ3) is 3.63. The monoisotopic (exact) mass is 210 g/mol. The van der Waals surface area contributed by atoms with E-state index in [2.05, 4.69) is 47.8 Å². The van der Waals surface area contributed by atoms with Crippen LogP contribution in [0, 0.1) is 0 Å². The average Bonchev–Trinajstić information content (AvgIpc) is 2.65. The number of nitrogens with zero attached hydrogens (tertiary/aromatic N) is 3. The van der Waals surface area contributed by atoms with E-state index in [9.17, 15) is 0 Å². The standard InChI is InChI=1S/C11H22N4/c1-5-10(4)12-7-6-11-14-13-8-15(11)9(2)3/h8-10,12H,5-7H2,1-4H3. The van der Waals surface area contributed by atoms with Gasteiger partial charge in [0.15, 0.2) is 0 Å². The Morgan fingerprint density at radius 2 is 2.13 bits per heavy atom. The predicted octanol–water partition coefficient (Wildman–Crippen LogP) is 1.79. The molecule has 0 amide bonds. The Hall–Kier alpha value is -0.900. The third-order valence-electron chi connectivity index (χ3n) is 2.66. The minimum Gasteiger partial charge on any atom is -0.315 e. The molecular formula is C11H22N4. The first kappa shape index (κ1) is 12.2. The molecule has 1 heterocycles. The largest absolute Gasteiger partial charge is 0.315 e. The summed E-state index contributed by atoms with van der Waals surface area (Å²) in [6.07, 6.45) is 3.92. The average molecular weight is 210 g/mol. The maximum atomic E-state index is 4.13. The Morgan fingerprint density at radius 1 is 1.40 bits per heavy atom. The molecule has 1 unspecified atom stereocenters. The fraction of sp³-hybridized carbons (Fsp3) is 0.818. The van der Waals surface area contributed by atoms with Gasteiger partial charge in [-0.1, -0.05) is 6.92 Å². The first-order valence-corrected chi connectivity index (χ1v) is 5.76. The van der Waals surface area contributed by atoms with Crippen molar-refractivity contribution in [2.75, 3.05) is 6.54 Å². The zero-order chi connectivity index (χ0) is 11.3. The molecule has 0 aromatic carbocycles. The van der Waals surface area contributed by atoms with Crippen molar-refractivity contribution in [2.24, 2.45) is 0 Å². The first-order chi connectivity index (χ1) is 7.15. The van der Waals surface area contributed by atoms with Crippen LogP contribution >= 0.6 is 0 Å². The summed E-state index contributed by atoms with van der Waals surface area (Å²) >= 11 is 0. The maximum absolute atomic E-state index is 4.13. The van der Waals surface area contributed by atoms with Crippen molar-refractivity contribution in [2.45, 2.75) is 52.6 Å². The molecule has 4 nitrogen and oxygen atoms in total. The van der Waals surface area contributed by atoms with E-state index in [1.54, 1.807) is 0 Å². The molecule has 15 heavy (non-hydrogen) atoms. The Kier molecular flexibility index (Phi) is 4.75. The van der Waals surface area contributed by atoms with Crippen molar-refractivity contribution in [3.05, 3.63) is 12.2 Å². The molecule has 0 bridgehead atoms. The van der Waals surface area contributed by atoms with E-state index < -0.39 is 0 Å². The zero-order valence-corrected chi connectivity index (χ0v) is 10.2. The molecule has 0 aliphatic heterocycles. The number of rotatable bonds is 6. The van der Waals surface area contributed by atoms with Gasteiger partial charge in [0.05, 0.1) is 0 Å². The van der Waals surface area contributed by atoms with Crippen molar-refractivity contribution >= 4 is 0 Å². The Balaban J connectivity index is 2.40. The second kappa shape index (κ2) is 5.85. The normalized spacial score (nSPS) is 13.4. The molecule has 0 fully saturated rings. The van der Waals surface area contributed by atoms with E-state index >= 15 is 0 Å². The SMILES string of the molecule is CCC(C)NCCc1nncn1C(C)C. The van der Waals surface area contributed by atoms with Gasteiger partial charge in [0.1, 0.15) is 12.2 Å². The molecule has 0 saturated heterocycles. The molecule has 0 spiro atoms. The van der Waals surface area contributed by atoms with Crippen molar-refractivity contribution in [3.63, 3.8) is 0 Å². The Morgan fingerprint density at radius 3 is 2.73 bits per heavy atom. The van der Waals surface area contributed by atoms with Gasteiger partial charge in [-0.15, -0.1) is 10.2 Å². The lowest BCUT2D eigenvalue weighted by Crippen LogP contribution is -2.28. The number of aromatic nitrogens is 3. The lowest BCUT2D eigenvalue weighted by Gasteiger charge is -2.12. The molecule has 1 rings (SSSR count). The van der Waals surface area contributed by atoms with Crippen LogP contribution in [0.1, 0.15) is 46.0 Å². The summed E-state index contributed by atoms with van der Waals surface area (Å²) in [5, 5.41) is 11.5. The van der Waals surface area contributed by atoms with Crippen LogP contribution in [0.2, 0.25) is 0 Å². The van der Waals surface area contributed by atoms with Gasteiger partial charge in [0, 0.05) is 25.0 Å². The summed E-state index contributed by atoms with van der Waals surface area (Å²) < 4.78 is 2.12. The van der Waals surface area contributed by atoms with E-state index in [0.29, 0.717) is 12.1 Å². The molecule has 1 aromatic heterocycles. The minimum absolute atomic E-state index is 0.443. The van der Waals surface area contributed by atoms with Crippen LogP contribution < -0.4 is 5.32 Å². The molecule has 0 radical (unpaired) electrons. The predicted molar refractivity (Wildman–Crippen MR) is 61.9 cm³/mol. The first-order valence-electron chi connectivity index (χ1n) is 5.76. The second-order valence-corrected chi connectivity index (χ2v) is 4.26. The molecule has 1 N–H and O–H groups in total. The van der Waals surface area contributed by atoms with Crippen LogP contribution in [-0.2, 0) is 6.42 Å². The van der Waals surface area contributed by atoms with Gasteiger partial charge < -0.3 is 9.88 Å². The van der Waals surface area contributed by atoms with Crippen LogP contribution in [0.3, 0.4) is 0 Å². The Bertz CT molecular complexity index is 280. The fourth-order valence-electron chi connectivity index (χ4n) is 1.45. The topological polar surface area (TPSA) is 42.7 Å². The highest BCUT2D eigenvalue weighted by molar-refractivity contribution is 4.88. The fourth-order valence-corrected chi connectivity index (χ4v) is 1.45. The van der Waals surface area contributed by atoms with Crippen molar-refractivity contribution in [1.29, 1.82) is 0 Å². The van der Waals surface area contributed by atoms with Crippen LogP contribution in [0.15, 0.2) is 6.33 Å². The van der Waals surface area contributed by atoms with Gasteiger partial charge in [0.2, 0.25) is 0 Å². The summed E-state index contributed by atoms with van der Waals surface area (Å²) in [5.41, 5.74) is 0. The second-order valence-electron chi connectivity index (χ2n) is 4.26. The van der Waals surface area contributed by atoms with Gasteiger partial charge in [0.25, 0.3) is 0 Å². The highest BCUT2D eigenvalue weighted by Crippen LogP contribution is 2.06. The van der Waals surface area contributed by atoms with Gasteiger partial charge in [-0.05, 0) is 27.2 Å². The molecule has 1 atom stereocenters. The number of hydrogen-bond acceptors (Lipinski definition) is 3. The molecule has 0 aliphatic carbocycles. The summed E-state index contributed by atoms with van der Waals surface area (Å²) in [6.45, 7) is 9.66. The smallest absolute Gasteiger partial charge is 0.134 e. The molecule has 86 valence electrons. The summed E-state index contributed by atoms with van der Waals surface area (Å²) in [5.74, 6) is 1.07. The van der Waals surface area contributed by atoms with E-state index in [1.165, 1.54) is 0 Å². The summed E-state index contributed by atoms with van der Waals surface area (Å²) in [7, 11) is 0. The molecule has 4 heteroatoms. The van der Waals surface area contributed by atoms with Gasteiger partial charge >= 0.3 is 0 Å². The molecule has 0 saturated carbocycles. The number of nitrogens with one attached hydrogen (secondary N) is 1. The van der Waals surface area contributed by atoms with Gasteiger partial charge in [-0.25, -0.2) is 0 Å². The molecule has 1 aromatic rings. The zero-order valence-electron chi connectivity index (χ0n) is 10.2. The summed E-state index contributed by atoms with van der Waals surface area (Å²) in [4.78, 5) is 0. The highest BCUT2D eigenvalue weighted by atomic mass is 15.3. The van der Waals surface area contributed by atoms with Crippen LogP contribution in [0.25, 0.3) is 0 Å². The van der Waals surface area contributed by atoms with Crippen molar-refractivity contribution in [1.82, 2.24) is 20.1 Å². The number of hydrogen-bond donors (Lipinski definition) is 1. The quantitative estimate of drug-likeness (QED) is 0.778. The van der Waals surface area contributed by atoms with E-state index in [-0.39, 0.29) is 0 Å². The lowest BCUT2D eigenvalue weighted by atomic mass is 10.2. The minimum atomic E-state index is 0.443. The van der Waals surface area contributed by atoms with Gasteiger partial charge in [-0.2, -0.15) is 0 Å². The van der Waals surface area contributed by atoms with Crippen LogP contribution in [-0.4, -0.2) is 27.4 Å². The van der Waals surface area contributed by atoms with E-state index in [1.807, 2.05) is 6.33 Å². The summed E-state index contributed by atoms with van der Waals surface area (Å²) in [6, 6.07) is 1.03. The van der Waals surface area contributed by atoms with E-state index in [0.717, 1.165) is 25.2 Å².